The molecule has 0 atom stereocenters. The Morgan fingerprint density at radius 3 is 3.00 bits per heavy atom. The second-order valence-electron chi connectivity index (χ2n) is 3.98. The monoisotopic (exact) mass is 265 g/mol. The van der Waals surface area contributed by atoms with Gasteiger partial charge < -0.3 is 5.32 Å². The lowest BCUT2D eigenvalue weighted by Crippen LogP contribution is -2.08. The molecule has 0 fully saturated rings. The smallest absolute Gasteiger partial charge is 0.224 e. The Hall–Kier alpha value is -1.68. The normalized spacial score (nSPS) is 10.4. The molecule has 1 heterocycles. The van der Waals surface area contributed by atoms with Crippen LogP contribution in [0.1, 0.15) is 11.1 Å². The second kappa shape index (κ2) is 5.78. The standard InChI is InChI=1S/C13H13ClFN3/c1-9-8-17-13(14)18-12(9)16-6-5-10-3-2-4-11(15)7-10/h2-4,7-8H,5-6H2,1H3,(H,16,17,18). The molecular weight excluding hydrogens is 253 g/mol. The highest BCUT2D eigenvalue weighted by atomic mass is 35.5. The van der Waals surface area contributed by atoms with E-state index in [4.69, 9.17) is 11.6 Å². The van der Waals surface area contributed by atoms with Crippen molar-refractivity contribution >= 4 is 17.4 Å². The minimum atomic E-state index is -0.214. The molecule has 0 spiro atoms. The number of rotatable bonds is 4. The van der Waals surface area contributed by atoms with Gasteiger partial charge >= 0.3 is 0 Å². The predicted molar refractivity (Wildman–Crippen MR) is 70.4 cm³/mol. The molecule has 3 nitrogen and oxygen atoms in total. The number of aryl methyl sites for hydroxylation is 1. The van der Waals surface area contributed by atoms with Gasteiger partial charge in [-0.15, -0.1) is 0 Å². The lowest BCUT2D eigenvalue weighted by atomic mass is 10.1. The van der Waals surface area contributed by atoms with Gasteiger partial charge in [-0.1, -0.05) is 12.1 Å². The predicted octanol–water partition coefficient (Wildman–Crippen LogP) is 3.23. The molecule has 0 aliphatic rings. The molecule has 1 aromatic heterocycles. The summed E-state index contributed by atoms with van der Waals surface area (Å²) in [5, 5.41) is 3.38. The third-order valence-corrected chi connectivity index (χ3v) is 2.72. The third-order valence-electron chi connectivity index (χ3n) is 2.54. The van der Waals surface area contributed by atoms with Crippen molar-refractivity contribution in [2.75, 3.05) is 11.9 Å². The summed E-state index contributed by atoms with van der Waals surface area (Å²) in [6.45, 7) is 2.57. The number of hydrogen-bond acceptors (Lipinski definition) is 3. The first-order chi connectivity index (χ1) is 8.65. The highest BCUT2D eigenvalue weighted by Crippen LogP contribution is 2.12. The molecule has 2 aromatic rings. The molecule has 0 amide bonds. The molecule has 0 radical (unpaired) electrons. The Kier molecular flexibility index (Phi) is 4.10. The molecule has 94 valence electrons. The van der Waals surface area contributed by atoms with Crippen LogP contribution in [0, 0.1) is 12.7 Å². The number of benzene rings is 1. The molecule has 0 bridgehead atoms. The molecular formula is C13H13ClFN3. The Morgan fingerprint density at radius 1 is 1.39 bits per heavy atom. The molecule has 2 rings (SSSR count). The van der Waals surface area contributed by atoms with E-state index in [-0.39, 0.29) is 11.1 Å². The number of halogens is 2. The SMILES string of the molecule is Cc1cnc(Cl)nc1NCCc1cccc(F)c1. The van der Waals surface area contributed by atoms with Gasteiger partial charge in [0.25, 0.3) is 0 Å². The molecule has 18 heavy (non-hydrogen) atoms. The van der Waals surface area contributed by atoms with Crippen LogP contribution < -0.4 is 5.32 Å². The largest absolute Gasteiger partial charge is 0.369 e. The van der Waals surface area contributed by atoms with Gasteiger partial charge in [-0.05, 0) is 42.6 Å². The van der Waals surface area contributed by atoms with E-state index in [1.807, 2.05) is 13.0 Å². The molecule has 0 saturated carbocycles. The van der Waals surface area contributed by atoms with E-state index >= 15 is 0 Å². The first-order valence-corrected chi connectivity index (χ1v) is 6.00. The maximum atomic E-state index is 13.0. The van der Waals surface area contributed by atoms with E-state index in [1.54, 1.807) is 12.3 Å². The Labute approximate surface area is 110 Å². The van der Waals surface area contributed by atoms with Crippen molar-refractivity contribution in [2.45, 2.75) is 13.3 Å². The second-order valence-corrected chi connectivity index (χ2v) is 4.32. The fraction of sp³-hybridized carbons (Fsp3) is 0.231. The summed E-state index contributed by atoms with van der Waals surface area (Å²) in [5.74, 6) is 0.500. The minimum Gasteiger partial charge on any atom is -0.369 e. The first kappa shape index (κ1) is 12.8. The highest BCUT2D eigenvalue weighted by Gasteiger charge is 2.02. The summed E-state index contributed by atoms with van der Waals surface area (Å²) in [4.78, 5) is 7.97. The van der Waals surface area contributed by atoms with Crippen molar-refractivity contribution in [1.82, 2.24) is 9.97 Å². The van der Waals surface area contributed by atoms with Crippen molar-refractivity contribution in [1.29, 1.82) is 0 Å². The number of nitrogens with one attached hydrogen (secondary N) is 1. The van der Waals surface area contributed by atoms with Gasteiger partial charge in [0.1, 0.15) is 11.6 Å². The number of aromatic nitrogens is 2. The number of anilines is 1. The maximum absolute atomic E-state index is 13.0. The van der Waals surface area contributed by atoms with Crippen LogP contribution >= 0.6 is 11.6 Å². The van der Waals surface area contributed by atoms with Crippen LogP contribution in [-0.2, 0) is 6.42 Å². The van der Waals surface area contributed by atoms with E-state index in [0.29, 0.717) is 12.4 Å². The van der Waals surface area contributed by atoms with E-state index < -0.39 is 0 Å². The van der Waals surface area contributed by atoms with Crippen LogP contribution in [-0.4, -0.2) is 16.5 Å². The molecule has 0 unspecified atom stereocenters. The maximum Gasteiger partial charge on any atom is 0.224 e. The summed E-state index contributed by atoms with van der Waals surface area (Å²) in [6, 6.07) is 6.56. The lowest BCUT2D eigenvalue weighted by Gasteiger charge is -2.08. The van der Waals surface area contributed by atoms with Crippen LogP contribution in [0.15, 0.2) is 30.5 Å². The summed E-state index contributed by atoms with van der Waals surface area (Å²) >= 11 is 5.72. The molecule has 1 N–H and O–H groups in total. The van der Waals surface area contributed by atoms with E-state index in [1.165, 1.54) is 12.1 Å². The summed E-state index contributed by atoms with van der Waals surface area (Å²) in [7, 11) is 0. The van der Waals surface area contributed by atoms with E-state index in [0.717, 1.165) is 17.5 Å². The third kappa shape index (κ3) is 3.40. The Balaban J connectivity index is 1.94. The molecule has 5 heteroatoms. The fourth-order valence-corrected chi connectivity index (χ4v) is 1.75. The summed E-state index contributed by atoms with van der Waals surface area (Å²) in [6.07, 6.45) is 2.39. The zero-order valence-electron chi connectivity index (χ0n) is 9.95. The molecule has 0 aliphatic heterocycles. The van der Waals surface area contributed by atoms with Crippen molar-refractivity contribution in [3.8, 4) is 0 Å². The average Bonchev–Trinajstić information content (AvgIpc) is 2.34. The van der Waals surface area contributed by atoms with Crippen molar-refractivity contribution in [2.24, 2.45) is 0 Å². The van der Waals surface area contributed by atoms with E-state index in [2.05, 4.69) is 15.3 Å². The first-order valence-electron chi connectivity index (χ1n) is 5.62. The van der Waals surface area contributed by atoms with Crippen LogP contribution in [0.5, 0.6) is 0 Å². The summed E-state index contributed by atoms with van der Waals surface area (Å²) in [5.41, 5.74) is 1.87. The average molecular weight is 266 g/mol. The van der Waals surface area contributed by atoms with Crippen LogP contribution in [0.2, 0.25) is 5.28 Å². The lowest BCUT2D eigenvalue weighted by molar-refractivity contribution is 0.625. The zero-order valence-corrected chi connectivity index (χ0v) is 10.7. The van der Waals surface area contributed by atoms with Gasteiger partial charge in [0.2, 0.25) is 5.28 Å². The van der Waals surface area contributed by atoms with Crippen LogP contribution in [0.3, 0.4) is 0 Å². The highest BCUT2D eigenvalue weighted by molar-refractivity contribution is 6.28. The topological polar surface area (TPSA) is 37.8 Å². The summed E-state index contributed by atoms with van der Waals surface area (Å²) < 4.78 is 13.0. The molecule has 0 saturated heterocycles. The van der Waals surface area contributed by atoms with Gasteiger partial charge in [0, 0.05) is 18.3 Å². The van der Waals surface area contributed by atoms with Crippen molar-refractivity contribution in [3.05, 3.63) is 52.7 Å². The van der Waals surface area contributed by atoms with Crippen molar-refractivity contribution in [3.63, 3.8) is 0 Å². The van der Waals surface area contributed by atoms with Gasteiger partial charge in [0.15, 0.2) is 0 Å². The minimum absolute atomic E-state index is 0.214. The van der Waals surface area contributed by atoms with Crippen molar-refractivity contribution < 1.29 is 4.39 Å². The quantitative estimate of drug-likeness (QED) is 0.863. The fourth-order valence-electron chi connectivity index (χ4n) is 1.62. The van der Waals surface area contributed by atoms with Gasteiger partial charge in [-0.25, -0.2) is 14.4 Å². The van der Waals surface area contributed by atoms with Gasteiger partial charge in [-0.2, -0.15) is 0 Å². The van der Waals surface area contributed by atoms with Gasteiger partial charge in [0.05, 0.1) is 0 Å². The molecule has 1 aromatic carbocycles. The Morgan fingerprint density at radius 2 is 2.22 bits per heavy atom. The number of hydrogen-bond donors (Lipinski definition) is 1. The number of nitrogens with zero attached hydrogens (tertiary/aromatic N) is 2. The molecule has 0 aliphatic carbocycles. The Bertz CT molecular complexity index is 546. The zero-order chi connectivity index (χ0) is 13.0. The van der Waals surface area contributed by atoms with Crippen LogP contribution in [0.25, 0.3) is 0 Å². The van der Waals surface area contributed by atoms with Crippen LogP contribution in [0.4, 0.5) is 10.2 Å². The van der Waals surface area contributed by atoms with E-state index in [9.17, 15) is 4.39 Å². The van der Waals surface area contributed by atoms with Gasteiger partial charge in [-0.3, -0.25) is 0 Å².